The second kappa shape index (κ2) is 8.87. The first-order valence-electron chi connectivity index (χ1n) is 9.47. The third-order valence-electron chi connectivity index (χ3n) is 4.35. The van der Waals surface area contributed by atoms with Gasteiger partial charge in [-0.1, -0.05) is 25.1 Å². The lowest BCUT2D eigenvalue weighted by atomic mass is 10.1. The number of rotatable bonds is 6. The summed E-state index contributed by atoms with van der Waals surface area (Å²) < 4.78 is 7.40. The molecule has 0 spiro atoms. The summed E-state index contributed by atoms with van der Waals surface area (Å²) in [6.07, 6.45) is 5.72. The summed E-state index contributed by atoms with van der Waals surface area (Å²) >= 11 is 0. The molecule has 4 rings (SSSR count). The molecule has 4 aromatic rings. The Balaban J connectivity index is 1.38. The lowest BCUT2D eigenvalue weighted by molar-refractivity contribution is 0.262. The van der Waals surface area contributed by atoms with Crippen molar-refractivity contribution in [3.8, 4) is 17.4 Å². The molecule has 150 valence electrons. The molecule has 2 amide bonds. The minimum atomic E-state index is -0.302. The Morgan fingerprint density at radius 1 is 1.03 bits per heavy atom. The van der Waals surface area contributed by atoms with Crippen LogP contribution in [0.1, 0.15) is 12.5 Å². The summed E-state index contributed by atoms with van der Waals surface area (Å²) in [5.74, 6) is 1.58. The molecule has 30 heavy (non-hydrogen) atoms. The van der Waals surface area contributed by atoms with Gasteiger partial charge in [0.15, 0.2) is 5.82 Å². The van der Waals surface area contributed by atoms with Crippen LogP contribution in [-0.2, 0) is 6.42 Å². The predicted molar refractivity (Wildman–Crippen MR) is 114 cm³/mol. The van der Waals surface area contributed by atoms with Crippen LogP contribution in [0, 0.1) is 0 Å². The van der Waals surface area contributed by atoms with Gasteiger partial charge < -0.3 is 15.4 Å². The minimum absolute atomic E-state index is 0.302. The molecule has 0 saturated heterocycles. The van der Waals surface area contributed by atoms with Gasteiger partial charge in [-0.2, -0.15) is 5.10 Å². The summed E-state index contributed by atoms with van der Waals surface area (Å²) in [4.78, 5) is 20.6. The molecule has 0 atom stereocenters. The summed E-state index contributed by atoms with van der Waals surface area (Å²) in [6, 6.07) is 18.0. The summed E-state index contributed by atoms with van der Waals surface area (Å²) in [5.41, 5.74) is 2.53. The van der Waals surface area contributed by atoms with Crippen LogP contribution in [0.5, 0.6) is 11.6 Å². The molecule has 0 bridgehead atoms. The molecular formula is C22H20N6O2. The number of ether oxygens (including phenoxy) is 1. The number of aryl methyl sites for hydroxylation is 1. The number of hydrogen-bond donors (Lipinski definition) is 2. The van der Waals surface area contributed by atoms with E-state index in [2.05, 4.69) is 25.7 Å². The molecule has 2 aromatic carbocycles. The molecule has 0 radical (unpaired) electrons. The van der Waals surface area contributed by atoms with Gasteiger partial charge in [0.25, 0.3) is 0 Å². The Bertz CT molecular complexity index is 1130. The number of nitrogens with one attached hydrogen (secondary N) is 2. The van der Waals surface area contributed by atoms with Crippen molar-refractivity contribution in [1.29, 1.82) is 0 Å². The molecule has 2 N–H and O–H groups in total. The molecule has 0 saturated carbocycles. The number of nitrogens with zero attached hydrogens (tertiary/aromatic N) is 4. The lowest BCUT2D eigenvalue weighted by Gasteiger charge is -2.11. The number of aromatic nitrogens is 4. The largest absolute Gasteiger partial charge is 0.439 e. The van der Waals surface area contributed by atoms with Crippen LogP contribution in [0.2, 0.25) is 0 Å². The molecular weight excluding hydrogens is 380 g/mol. The number of hydrogen-bond acceptors (Lipinski definition) is 5. The monoisotopic (exact) mass is 400 g/mol. The Morgan fingerprint density at radius 2 is 1.87 bits per heavy atom. The van der Waals surface area contributed by atoms with E-state index in [1.165, 1.54) is 6.33 Å². The first-order valence-corrected chi connectivity index (χ1v) is 9.47. The van der Waals surface area contributed by atoms with E-state index in [1.54, 1.807) is 47.4 Å². The number of benzene rings is 2. The Hall–Kier alpha value is -4.20. The van der Waals surface area contributed by atoms with Crippen molar-refractivity contribution in [3.05, 3.63) is 84.9 Å². The maximum atomic E-state index is 12.3. The van der Waals surface area contributed by atoms with Gasteiger partial charge >= 0.3 is 6.03 Å². The van der Waals surface area contributed by atoms with E-state index >= 15 is 0 Å². The van der Waals surface area contributed by atoms with E-state index in [9.17, 15) is 4.79 Å². The van der Waals surface area contributed by atoms with Crippen molar-refractivity contribution in [2.24, 2.45) is 0 Å². The zero-order valence-electron chi connectivity index (χ0n) is 16.3. The van der Waals surface area contributed by atoms with Crippen LogP contribution in [0.15, 0.2) is 79.4 Å². The fourth-order valence-electron chi connectivity index (χ4n) is 2.88. The average Bonchev–Trinajstić information content (AvgIpc) is 3.31. The fraction of sp³-hybridized carbons (Fsp3) is 0.0909. The highest BCUT2D eigenvalue weighted by Crippen LogP contribution is 2.22. The number of para-hydroxylation sites is 1. The normalized spacial score (nSPS) is 10.4. The number of urea groups is 1. The highest BCUT2D eigenvalue weighted by Gasteiger charge is 2.07. The average molecular weight is 400 g/mol. The van der Waals surface area contributed by atoms with Gasteiger partial charge in [-0.05, 0) is 48.4 Å². The minimum Gasteiger partial charge on any atom is -0.439 e. The third kappa shape index (κ3) is 4.61. The van der Waals surface area contributed by atoms with E-state index in [1.807, 2.05) is 37.3 Å². The number of carbonyl (C=O) groups is 1. The van der Waals surface area contributed by atoms with E-state index in [4.69, 9.17) is 4.74 Å². The maximum absolute atomic E-state index is 12.3. The topological polar surface area (TPSA) is 94.0 Å². The Kier molecular flexibility index (Phi) is 5.66. The highest BCUT2D eigenvalue weighted by atomic mass is 16.5. The number of amides is 2. The van der Waals surface area contributed by atoms with Gasteiger partial charge in [0.1, 0.15) is 12.1 Å². The van der Waals surface area contributed by atoms with E-state index < -0.39 is 0 Å². The first-order chi connectivity index (χ1) is 14.7. The van der Waals surface area contributed by atoms with Crippen molar-refractivity contribution in [2.75, 3.05) is 10.6 Å². The van der Waals surface area contributed by atoms with Crippen molar-refractivity contribution in [3.63, 3.8) is 0 Å². The lowest BCUT2D eigenvalue weighted by Crippen LogP contribution is -2.20. The van der Waals surface area contributed by atoms with Crippen LogP contribution in [-0.4, -0.2) is 25.8 Å². The second-order valence-electron chi connectivity index (χ2n) is 6.38. The molecule has 2 heterocycles. The molecule has 8 heteroatoms. The van der Waals surface area contributed by atoms with Crippen LogP contribution < -0.4 is 15.4 Å². The third-order valence-corrected chi connectivity index (χ3v) is 4.35. The van der Waals surface area contributed by atoms with E-state index in [0.29, 0.717) is 23.1 Å². The Morgan fingerprint density at radius 3 is 2.63 bits per heavy atom. The first kappa shape index (κ1) is 19.1. The molecule has 2 aromatic heterocycles. The maximum Gasteiger partial charge on any atom is 0.323 e. The quantitative estimate of drug-likeness (QED) is 0.491. The number of carbonyl (C=O) groups excluding carboxylic acids is 1. The van der Waals surface area contributed by atoms with Gasteiger partial charge in [-0.3, -0.25) is 0 Å². The van der Waals surface area contributed by atoms with E-state index in [-0.39, 0.29) is 6.03 Å². The fourth-order valence-corrected chi connectivity index (χ4v) is 2.88. The molecule has 0 fully saturated rings. The molecule has 0 aliphatic carbocycles. The smallest absolute Gasteiger partial charge is 0.323 e. The molecule has 0 aliphatic rings. The SMILES string of the molecule is CCc1ccccc1NC(=O)Nc1ccc(Oc2cc(-n3cccn3)ncn2)cc1. The Labute approximate surface area is 173 Å². The van der Waals surface area contributed by atoms with Crippen LogP contribution in [0.3, 0.4) is 0 Å². The summed E-state index contributed by atoms with van der Waals surface area (Å²) in [6.45, 7) is 2.05. The summed E-state index contributed by atoms with van der Waals surface area (Å²) in [7, 11) is 0. The molecule has 8 nitrogen and oxygen atoms in total. The standard InChI is InChI=1S/C22H20N6O2/c1-2-16-6-3-4-7-19(16)27-22(29)26-17-8-10-18(11-9-17)30-21-14-20(23-15-24-21)28-13-5-12-25-28/h3-15H,2H2,1H3,(H2,26,27,29). The van der Waals surface area contributed by atoms with Gasteiger partial charge in [0, 0.05) is 29.8 Å². The van der Waals surface area contributed by atoms with Gasteiger partial charge in [-0.15, -0.1) is 0 Å². The van der Waals surface area contributed by atoms with Crippen molar-refractivity contribution in [2.45, 2.75) is 13.3 Å². The molecule has 0 unspecified atom stereocenters. The van der Waals surface area contributed by atoms with Crippen molar-refractivity contribution in [1.82, 2.24) is 19.7 Å². The van der Waals surface area contributed by atoms with Crippen molar-refractivity contribution < 1.29 is 9.53 Å². The van der Waals surface area contributed by atoms with Crippen LogP contribution in [0.25, 0.3) is 5.82 Å². The summed E-state index contributed by atoms with van der Waals surface area (Å²) in [5, 5.41) is 9.83. The van der Waals surface area contributed by atoms with Gasteiger partial charge in [0.05, 0.1) is 0 Å². The zero-order chi connectivity index (χ0) is 20.8. The second-order valence-corrected chi connectivity index (χ2v) is 6.38. The molecule has 0 aliphatic heterocycles. The van der Waals surface area contributed by atoms with E-state index in [0.717, 1.165) is 17.7 Å². The number of anilines is 2. The van der Waals surface area contributed by atoms with Crippen molar-refractivity contribution >= 4 is 17.4 Å². The zero-order valence-corrected chi connectivity index (χ0v) is 16.3. The highest BCUT2D eigenvalue weighted by molar-refractivity contribution is 6.00. The van der Waals surface area contributed by atoms with Crippen LogP contribution in [0.4, 0.5) is 16.2 Å². The van der Waals surface area contributed by atoms with Gasteiger partial charge in [-0.25, -0.2) is 19.4 Å². The predicted octanol–water partition coefficient (Wildman–Crippen LogP) is 4.66. The van der Waals surface area contributed by atoms with Crippen LogP contribution >= 0.6 is 0 Å². The van der Waals surface area contributed by atoms with Gasteiger partial charge in [0.2, 0.25) is 5.88 Å².